The van der Waals surface area contributed by atoms with Crippen LogP contribution in [0.25, 0.3) is 0 Å². The van der Waals surface area contributed by atoms with E-state index in [1.807, 2.05) is 34.6 Å². The molecule has 0 aliphatic rings. The van der Waals surface area contributed by atoms with Crippen LogP contribution in [-0.4, -0.2) is 41.9 Å². The molecule has 0 bridgehead atoms. The van der Waals surface area contributed by atoms with E-state index >= 15 is 0 Å². The molecule has 4 heteroatoms. The van der Waals surface area contributed by atoms with Gasteiger partial charge in [-0.15, -0.1) is 0 Å². The summed E-state index contributed by atoms with van der Waals surface area (Å²) in [5.74, 6) is 0. The van der Waals surface area contributed by atoms with Crippen molar-refractivity contribution in [1.29, 1.82) is 0 Å². The predicted octanol–water partition coefficient (Wildman–Crippen LogP) is 2.26. The monoisotopic (exact) mass is 231 g/mol. The van der Waals surface area contributed by atoms with Crippen LogP contribution in [0.15, 0.2) is 0 Å². The van der Waals surface area contributed by atoms with E-state index in [1.165, 1.54) is 0 Å². The number of amides is 1. The molecule has 0 saturated heterocycles. The number of nitrogens with zero attached hydrogens (tertiary/aromatic N) is 1. The van der Waals surface area contributed by atoms with Gasteiger partial charge < -0.3 is 14.7 Å². The second kappa shape index (κ2) is 5.53. The summed E-state index contributed by atoms with van der Waals surface area (Å²) < 4.78 is 5.25. The van der Waals surface area contributed by atoms with Gasteiger partial charge in [0.1, 0.15) is 5.60 Å². The lowest BCUT2D eigenvalue weighted by Crippen LogP contribution is -2.39. The molecule has 16 heavy (non-hydrogen) atoms. The highest BCUT2D eigenvalue weighted by Gasteiger charge is 2.25. The molecule has 0 rings (SSSR count). The molecular weight excluding hydrogens is 206 g/mol. The molecule has 0 fully saturated rings. The fraction of sp³-hybridized carbons (Fsp3) is 0.917. The minimum absolute atomic E-state index is 0.0968. The van der Waals surface area contributed by atoms with Gasteiger partial charge in [-0.3, -0.25) is 0 Å². The zero-order chi connectivity index (χ0) is 13.0. The van der Waals surface area contributed by atoms with Gasteiger partial charge in [-0.1, -0.05) is 13.8 Å². The van der Waals surface area contributed by atoms with Gasteiger partial charge in [0.05, 0.1) is 0 Å². The number of hydrogen-bond donors (Lipinski definition) is 1. The van der Waals surface area contributed by atoms with Gasteiger partial charge in [-0.2, -0.15) is 0 Å². The van der Waals surface area contributed by atoms with E-state index in [0.717, 1.165) is 0 Å². The van der Waals surface area contributed by atoms with Gasteiger partial charge in [-0.25, -0.2) is 4.79 Å². The Balaban J connectivity index is 4.25. The van der Waals surface area contributed by atoms with E-state index in [1.54, 1.807) is 11.9 Å². The highest BCUT2D eigenvalue weighted by molar-refractivity contribution is 5.67. The minimum atomic E-state index is -0.466. The topological polar surface area (TPSA) is 49.8 Å². The van der Waals surface area contributed by atoms with Crippen LogP contribution in [0.5, 0.6) is 0 Å². The Labute approximate surface area is 98.6 Å². The van der Waals surface area contributed by atoms with Gasteiger partial charge in [0.15, 0.2) is 0 Å². The summed E-state index contributed by atoms with van der Waals surface area (Å²) in [7, 11) is 1.72. The number of ether oxygens (including phenoxy) is 1. The van der Waals surface area contributed by atoms with Gasteiger partial charge >= 0.3 is 6.09 Å². The maximum atomic E-state index is 11.7. The van der Waals surface area contributed by atoms with E-state index < -0.39 is 5.60 Å². The van der Waals surface area contributed by atoms with Gasteiger partial charge in [0.2, 0.25) is 0 Å². The summed E-state index contributed by atoms with van der Waals surface area (Å²) in [6.45, 7) is 10.3. The summed E-state index contributed by atoms with van der Waals surface area (Å²) in [4.78, 5) is 13.2. The first-order valence-electron chi connectivity index (χ1n) is 5.62. The van der Waals surface area contributed by atoms with Crippen molar-refractivity contribution in [2.24, 2.45) is 5.41 Å². The van der Waals surface area contributed by atoms with Crippen LogP contribution in [0.1, 0.15) is 41.0 Å². The zero-order valence-corrected chi connectivity index (χ0v) is 11.3. The zero-order valence-electron chi connectivity index (χ0n) is 11.3. The summed E-state index contributed by atoms with van der Waals surface area (Å²) in [5, 5.41) is 8.91. The van der Waals surface area contributed by atoms with Crippen LogP contribution in [0.4, 0.5) is 4.79 Å². The highest BCUT2D eigenvalue weighted by Crippen LogP contribution is 2.21. The molecule has 0 spiro atoms. The third kappa shape index (κ3) is 6.67. The smallest absolute Gasteiger partial charge is 0.410 e. The molecule has 0 unspecified atom stereocenters. The number of aliphatic hydroxyl groups excluding tert-OH is 1. The van der Waals surface area contributed by atoms with Crippen LogP contribution in [0.3, 0.4) is 0 Å². The average molecular weight is 231 g/mol. The van der Waals surface area contributed by atoms with E-state index in [-0.39, 0.29) is 18.1 Å². The van der Waals surface area contributed by atoms with Crippen LogP contribution < -0.4 is 0 Å². The largest absolute Gasteiger partial charge is 0.444 e. The van der Waals surface area contributed by atoms with Crippen molar-refractivity contribution < 1.29 is 14.6 Å². The van der Waals surface area contributed by atoms with Crippen LogP contribution >= 0.6 is 0 Å². The molecular formula is C12H25NO3. The maximum absolute atomic E-state index is 11.7. The number of hydrogen-bond acceptors (Lipinski definition) is 3. The van der Waals surface area contributed by atoms with Crippen molar-refractivity contribution in [3.8, 4) is 0 Å². The van der Waals surface area contributed by atoms with Crippen molar-refractivity contribution in [2.75, 3.05) is 20.2 Å². The highest BCUT2D eigenvalue weighted by atomic mass is 16.6. The fourth-order valence-corrected chi connectivity index (χ4v) is 1.43. The summed E-state index contributed by atoms with van der Waals surface area (Å²) >= 11 is 0. The Bertz CT molecular complexity index is 231. The average Bonchev–Trinajstić information content (AvgIpc) is 1.99. The Kier molecular flexibility index (Phi) is 5.26. The maximum Gasteiger partial charge on any atom is 0.410 e. The van der Waals surface area contributed by atoms with Crippen molar-refractivity contribution in [3.05, 3.63) is 0 Å². The molecule has 1 amide bonds. The first kappa shape index (κ1) is 15.2. The fourth-order valence-electron chi connectivity index (χ4n) is 1.43. The number of carbonyl (C=O) groups is 1. The lowest BCUT2D eigenvalue weighted by molar-refractivity contribution is 0.0220. The SMILES string of the molecule is CN(CC(C)(C)CCO)C(=O)OC(C)(C)C. The molecule has 0 aliphatic carbocycles. The molecule has 0 aliphatic heterocycles. The van der Waals surface area contributed by atoms with Crippen molar-refractivity contribution in [3.63, 3.8) is 0 Å². The second-order valence-corrected chi connectivity index (χ2v) is 5.97. The molecule has 0 saturated carbocycles. The molecule has 0 aromatic rings. The molecule has 0 heterocycles. The molecule has 1 N–H and O–H groups in total. The Morgan fingerprint density at radius 1 is 1.25 bits per heavy atom. The minimum Gasteiger partial charge on any atom is -0.444 e. The van der Waals surface area contributed by atoms with Gasteiger partial charge in [0.25, 0.3) is 0 Å². The standard InChI is InChI=1S/C12H25NO3/c1-11(2,3)16-10(15)13(6)9-12(4,5)7-8-14/h14H,7-9H2,1-6H3. The third-order valence-electron chi connectivity index (χ3n) is 2.16. The predicted molar refractivity (Wildman–Crippen MR) is 64.3 cm³/mol. The molecule has 0 aromatic carbocycles. The number of rotatable bonds is 4. The Morgan fingerprint density at radius 3 is 2.12 bits per heavy atom. The van der Waals surface area contributed by atoms with Crippen molar-refractivity contribution in [1.82, 2.24) is 4.90 Å². The first-order chi connectivity index (χ1) is 7.07. The number of carbonyl (C=O) groups excluding carboxylic acids is 1. The van der Waals surface area contributed by atoms with Gasteiger partial charge in [0, 0.05) is 20.2 Å². The van der Waals surface area contributed by atoms with E-state index in [4.69, 9.17) is 9.84 Å². The van der Waals surface area contributed by atoms with Crippen LogP contribution in [0, 0.1) is 5.41 Å². The molecule has 0 radical (unpaired) electrons. The second-order valence-electron chi connectivity index (χ2n) is 5.97. The van der Waals surface area contributed by atoms with E-state index in [9.17, 15) is 4.79 Å². The normalized spacial score (nSPS) is 12.4. The lowest BCUT2D eigenvalue weighted by atomic mass is 9.89. The Hall–Kier alpha value is -0.770. The molecule has 4 nitrogen and oxygen atoms in total. The summed E-state index contributed by atoms with van der Waals surface area (Å²) in [5.41, 5.74) is -0.563. The van der Waals surface area contributed by atoms with Crippen LogP contribution in [-0.2, 0) is 4.74 Å². The summed E-state index contributed by atoms with van der Waals surface area (Å²) in [6.07, 6.45) is 0.346. The quantitative estimate of drug-likeness (QED) is 0.807. The van der Waals surface area contributed by atoms with Crippen molar-refractivity contribution in [2.45, 2.75) is 46.6 Å². The molecule has 0 aromatic heterocycles. The van der Waals surface area contributed by atoms with E-state index in [0.29, 0.717) is 13.0 Å². The molecule has 96 valence electrons. The van der Waals surface area contributed by atoms with Crippen LogP contribution in [0.2, 0.25) is 0 Å². The van der Waals surface area contributed by atoms with Gasteiger partial charge in [-0.05, 0) is 32.6 Å². The van der Waals surface area contributed by atoms with E-state index in [2.05, 4.69) is 0 Å². The Morgan fingerprint density at radius 2 is 1.75 bits per heavy atom. The lowest BCUT2D eigenvalue weighted by Gasteiger charge is -2.31. The number of aliphatic hydroxyl groups is 1. The third-order valence-corrected chi connectivity index (χ3v) is 2.16. The summed E-state index contributed by atoms with van der Waals surface area (Å²) in [6, 6.07) is 0. The van der Waals surface area contributed by atoms with Crippen molar-refractivity contribution >= 4 is 6.09 Å². The first-order valence-corrected chi connectivity index (χ1v) is 5.62. The molecule has 0 atom stereocenters.